The normalized spacial score (nSPS) is 24.7. The number of likely N-dealkylation sites (tertiary alicyclic amines) is 1. The molecular formula is C18H23N3O2. The van der Waals surface area contributed by atoms with Gasteiger partial charge < -0.3 is 14.2 Å². The van der Waals surface area contributed by atoms with E-state index in [9.17, 15) is 4.79 Å². The lowest BCUT2D eigenvalue weighted by molar-refractivity contribution is -0.134. The van der Waals surface area contributed by atoms with Gasteiger partial charge in [-0.3, -0.25) is 4.79 Å². The Hall–Kier alpha value is -1.88. The molecule has 0 saturated carbocycles. The van der Waals surface area contributed by atoms with Gasteiger partial charge in [-0.15, -0.1) is 0 Å². The first-order chi connectivity index (χ1) is 11.2. The molecule has 1 aromatic carbocycles. The molecule has 4 rings (SSSR count). The predicted molar refractivity (Wildman–Crippen MR) is 88.0 cm³/mol. The number of benzene rings is 1. The third kappa shape index (κ3) is 2.63. The van der Waals surface area contributed by atoms with Crippen molar-refractivity contribution in [2.24, 2.45) is 7.05 Å². The molecule has 122 valence electrons. The summed E-state index contributed by atoms with van der Waals surface area (Å²) in [6.07, 6.45) is 4.76. The third-order valence-electron chi connectivity index (χ3n) is 5.12. The number of hydrogen-bond donors (Lipinski definition) is 0. The van der Waals surface area contributed by atoms with E-state index in [4.69, 9.17) is 9.72 Å². The van der Waals surface area contributed by atoms with Gasteiger partial charge in [-0.05, 0) is 37.8 Å². The molecule has 2 aliphatic rings. The Morgan fingerprint density at radius 1 is 1.30 bits per heavy atom. The molecule has 2 fully saturated rings. The van der Waals surface area contributed by atoms with Gasteiger partial charge in [-0.2, -0.15) is 0 Å². The highest BCUT2D eigenvalue weighted by atomic mass is 16.5. The molecule has 2 atom stereocenters. The number of hydrogen-bond acceptors (Lipinski definition) is 3. The average Bonchev–Trinajstić information content (AvgIpc) is 3.27. The van der Waals surface area contributed by atoms with Gasteiger partial charge in [-0.1, -0.05) is 12.1 Å². The number of ether oxygens (including phenoxy) is 1. The maximum absolute atomic E-state index is 12.7. The average molecular weight is 313 g/mol. The molecule has 23 heavy (non-hydrogen) atoms. The second-order valence-electron chi connectivity index (χ2n) is 6.60. The van der Waals surface area contributed by atoms with Crippen molar-refractivity contribution in [2.75, 3.05) is 13.2 Å². The molecular weight excluding hydrogens is 290 g/mol. The Morgan fingerprint density at radius 3 is 2.96 bits per heavy atom. The van der Waals surface area contributed by atoms with Crippen LogP contribution in [0, 0.1) is 0 Å². The van der Waals surface area contributed by atoms with E-state index >= 15 is 0 Å². The third-order valence-corrected chi connectivity index (χ3v) is 5.12. The molecule has 0 radical (unpaired) electrons. The summed E-state index contributed by atoms with van der Waals surface area (Å²) in [5.41, 5.74) is 2.13. The lowest BCUT2D eigenvalue weighted by Gasteiger charge is -2.25. The van der Waals surface area contributed by atoms with Crippen LogP contribution in [0.15, 0.2) is 24.3 Å². The van der Waals surface area contributed by atoms with Crippen molar-refractivity contribution in [2.45, 2.75) is 44.2 Å². The Kier molecular flexibility index (Phi) is 3.81. The zero-order valence-corrected chi connectivity index (χ0v) is 13.6. The number of nitrogens with zero attached hydrogens (tertiary/aromatic N) is 3. The molecule has 2 aliphatic heterocycles. The van der Waals surface area contributed by atoms with E-state index in [1.807, 2.05) is 30.1 Å². The highest BCUT2D eigenvalue weighted by Gasteiger charge is 2.34. The number of aryl methyl sites for hydroxylation is 1. The van der Waals surface area contributed by atoms with Crippen LogP contribution >= 0.6 is 0 Å². The van der Waals surface area contributed by atoms with Crippen LogP contribution in [-0.2, 0) is 16.6 Å². The molecule has 5 nitrogen and oxygen atoms in total. The summed E-state index contributed by atoms with van der Waals surface area (Å²) in [5.74, 6) is 1.22. The van der Waals surface area contributed by atoms with Crippen LogP contribution in [0.2, 0.25) is 0 Å². The van der Waals surface area contributed by atoms with Gasteiger partial charge in [0.25, 0.3) is 0 Å². The van der Waals surface area contributed by atoms with Gasteiger partial charge in [-0.25, -0.2) is 4.98 Å². The van der Waals surface area contributed by atoms with Crippen LogP contribution in [0.25, 0.3) is 11.0 Å². The Morgan fingerprint density at radius 2 is 2.17 bits per heavy atom. The molecule has 1 aromatic heterocycles. The van der Waals surface area contributed by atoms with Crippen LogP contribution in [0.3, 0.4) is 0 Å². The zero-order chi connectivity index (χ0) is 15.8. The number of imidazole rings is 1. The largest absolute Gasteiger partial charge is 0.378 e. The van der Waals surface area contributed by atoms with E-state index in [0.717, 1.165) is 55.7 Å². The van der Waals surface area contributed by atoms with Gasteiger partial charge in [0.2, 0.25) is 5.91 Å². The topological polar surface area (TPSA) is 47.4 Å². The summed E-state index contributed by atoms with van der Waals surface area (Å²) in [4.78, 5) is 19.5. The maximum Gasteiger partial charge on any atom is 0.225 e. The monoisotopic (exact) mass is 313 g/mol. The maximum atomic E-state index is 12.7. The summed E-state index contributed by atoms with van der Waals surface area (Å²) in [7, 11) is 2.05. The molecule has 2 aromatic rings. The standard InChI is InChI=1S/C18H23N3O2/c1-20-15-8-3-2-7-14(15)19-18(20)16-9-4-10-21(16)17(22)12-13-6-5-11-23-13/h2-3,7-8,13,16H,4-6,9-12H2,1H3/t13-,16+/m1/s1. The minimum absolute atomic E-state index is 0.0984. The van der Waals surface area contributed by atoms with Crippen molar-refractivity contribution < 1.29 is 9.53 Å². The fourth-order valence-electron chi connectivity index (χ4n) is 3.91. The first kappa shape index (κ1) is 14.7. The zero-order valence-electron chi connectivity index (χ0n) is 13.6. The van der Waals surface area contributed by atoms with E-state index in [0.29, 0.717) is 6.42 Å². The fraction of sp³-hybridized carbons (Fsp3) is 0.556. The summed E-state index contributed by atoms with van der Waals surface area (Å²) < 4.78 is 7.76. The highest BCUT2D eigenvalue weighted by molar-refractivity contribution is 5.78. The molecule has 1 amide bonds. The van der Waals surface area contributed by atoms with Gasteiger partial charge in [0.1, 0.15) is 5.82 Å². The molecule has 2 saturated heterocycles. The van der Waals surface area contributed by atoms with Crippen molar-refractivity contribution in [1.82, 2.24) is 14.5 Å². The van der Waals surface area contributed by atoms with Crippen LogP contribution in [0.5, 0.6) is 0 Å². The smallest absolute Gasteiger partial charge is 0.225 e. The molecule has 5 heteroatoms. The molecule has 0 unspecified atom stereocenters. The molecule has 0 spiro atoms. The quantitative estimate of drug-likeness (QED) is 0.875. The van der Waals surface area contributed by atoms with Crippen molar-refractivity contribution in [3.05, 3.63) is 30.1 Å². The Labute approximate surface area is 136 Å². The number of para-hydroxylation sites is 2. The van der Waals surface area contributed by atoms with E-state index in [1.165, 1.54) is 0 Å². The van der Waals surface area contributed by atoms with E-state index in [1.54, 1.807) is 0 Å². The number of carbonyl (C=O) groups excluding carboxylic acids is 1. The van der Waals surface area contributed by atoms with Gasteiger partial charge in [0, 0.05) is 20.2 Å². The summed E-state index contributed by atoms with van der Waals surface area (Å²) in [6.45, 7) is 1.63. The van der Waals surface area contributed by atoms with Crippen molar-refractivity contribution in [1.29, 1.82) is 0 Å². The number of fused-ring (bicyclic) bond motifs is 1. The Balaban J connectivity index is 1.58. The van der Waals surface area contributed by atoms with E-state index in [2.05, 4.69) is 10.6 Å². The predicted octanol–water partition coefficient (Wildman–Crippen LogP) is 2.81. The van der Waals surface area contributed by atoms with Crippen LogP contribution < -0.4 is 0 Å². The molecule has 0 bridgehead atoms. The lowest BCUT2D eigenvalue weighted by Crippen LogP contribution is -2.34. The van der Waals surface area contributed by atoms with Gasteiger partial charge >= 0.3 is 0 Å². The van der Waals surface area contributed by atoms with Crippen LogP contribution in [0.4, 0.5) is 0 Å². The number of rotatable bonds is 3. The Bertz CT molecular complexity index is 718. The summed E-state index contributed by atoms with van der Waals surface area (Å²) in [6, 6.07) is 8.25. The molecule has 0 N–H and O–H groups in total. The minimum Gasteiger partial charge on any atom is -0.378 e. The number of aromatic nitrogens is 2. The second kappa shape index (κ2) is 5.96. The number of amides is 1. The van der Waals surface area contributed by atoms with E-state index in [-0.39, 0.29) is 18.1 Å². The van der Waals surface area contributed by atoms with Crippen molar-refractivity contribution in [3.63, 3.8) is 0 Å². The van der Waals surface area contributed by atoms with Gasteiger partial charge in [0.05, 0.1) is 29.6 Å². The first-order valence-corrected chi connectivity index (χ1v) is 8.56. The number of carbonyl (C=O) groups is 1. The van der Waals surface area contributed by atoms with E-state index < -0.39 is 0 Å². The fourth-order valence-corrected chi connectivity index (χ4v) is 3.91. The van der Waals surface area contributed by atoms with Crippen molar-refractivity contribution >= 4 is 16.9 Å². The van der Waals surface area contributed by atoms with Crippen LogP contribution in [0.1, 0.15) is 44.0 Å². The van der Waals surface area contributed by atoms with Gasteiger partial charge in [0.15, 0.2) is 0 Å². The second-order valence-corrected chi connectivity index (χ2v) is 6.60. The lowest BCUT2D eigenvalue weighted by atomic mass is 10.1. The molecule has 3 heterocycles. The molecule has 0 aliphatic carbocycles. The first-order valence-electron chi connectivity index (χ1n) is 8.56. The van der Waals surface area contributed by atoms with Crippen molar-refractivity contribution in [3.8, 4) is 0 Å². The summed E-state index contributed by atoms with van der Waals surface area (Å²) >= 11 is 0. The SMILES string of the molecule is Cn1c([C@@H]2CCCN2C(=O)C[C@H]2CCCO2)nc2ccccc21. The highest BCUT2D eigenvalue weighted by Crippen LogP contribution is 2.34. The summed E-state index contributed by atoms with van der Waals surface area (Å²) in [5, 5.41) is 0. The van der Waals surface area contributed by atoms with Crippen LogP contribution in [-0.4, -0.2) is 39.6 Å². The minimum atomic E-state index is 0.0984.